The first kappa shape index (κ1) is 23.3. The van der Waals surface area contributed by atoms with Crippen LogP contribution in [0.5, 0.6) is 5.75 Å². The Morgan fingerprint density at radius 3 is 2.48 bits per heavy atom. The van der Waals surface area contributed by atoms with Crippen molar-refractivity contribution >= 4 is 33.0 Å². The minimum absolute atomic E-state index is 0.0545. The first-order chi connectivity index (χ1) is 15.8. The predicted molar refractivity (Wildman–Crippen MR) is 128 cm³/mol. The summed E-state index contributed by atoms with van der Waals surface area (Å²) in [5.41, 5.74) is 3.83. The molecule has 0 atom stereocenters. The van der Waals surface area contributed by atoms with Crippen LogP contribution >= 0.6 is 11.3 Å². The molecule has 0 amide bonds. The fraction of sp³-hybridized carbons (Fsp3) is 0.333. The zero-order valence-electron chi connectivity index (χ0n) is 18.5. The molecule has 0 saturated heterocycles. The maximum atomic E-state index is 13.5. The van der Waals surface area contributed by atoms with E-state index in [4.69, 9.17) is 9.84 Å². The molecule has 0 bridgehead atoms. The monoisotopic (exact) mass is 486 g/mol. The highest BCUT2D eigenvalue weighted by molar-refractivity contribution is 7.94. The van der Waals surface area contributed by atoms with Gasteiger partial charge in [0.15, 0.2) is 0 Å². The number of ether oxygens (including phenoxy) is 1. The molecule has 3 aromatic rings. The predicted octanol–water partition coefficient (Wildman–Crippen LogP) is 4.76. The van der Waals surface area contributed by atoms with Gasteiger partial charge in [-0.05, 0) is 66.1 Å². The highest BCUT2D eigenvalue weighted by atomic mass is 32.2. The largest absolute Gasteiger partial charge is 0.487 e. The van der Waals surface area contributed by atoms with Gasteiger partial charge in [-0.3, -0.25) is 4.31 Å². The summed E-state index contributed by atoms with van der Waals surface area (Å²) in [7, 11) is -3.85. The van der Waals surface area contributed by atoms with Crippen molar-refractivity contribution in [2.75, 3.05) is 10.8 Å². The molecular weight excluding hydrogens is 460 g/mol. The van der Waals surface area contributed by atoms with Gasteiger partial charge in [0.25, 0.3) is 10.0 Å². The number of aromatic nitrogens is 1. The molecule has 1 aliphatic rings. The van der Waals surface area contributed by atoms with Crippen molar-refractivity contribution in [1.82, 2.24) is 4.98 Å². The van der Waals surface area contributed by atoms with E-state index < -0.39 is 16.0 Å². The summed E-state index contributed by atoms with van der Waals surface area (Å²) in [5, 5.41) is 10.8. The normalized spacial score (nSPS) is 13.2. The lowest BCUT2D eigenvalue weighted by Gasteiger charge is -2.27. The van der Waals surface area contributed by atoms with Crippen LogP contribution in [0.25, 0.3) is 0 Å². The summed E-state index contributed by atoms with van der Waals surface area (Å²) in [6.45, 7) is 4.44. The SMILES string of the molecule is CC(C)CN(c1cc2c(cc1OCc1ccc(C(=O)O)cc1)CCC2)S(=O)(=O)c1nccs1. The van der Waals surface area contributed by atoms with E-state index >= 15 is 0 Å². The van der Waals surface area contributed by atoms with Crippen LogP contribution in [0.2, 0.25) is 0 Å². The lowest BCUT2D eigenvalue weighted by molar-refractivity contribution is 0.0697. The fourth-order valence-corrected chi connectivity index (χ4v) is 6.45. The number of aromatic carboxylic acids is 1. The Kier molecular flexibility index (Phi) is 6.71. The Morgan fingerprint density at radius 1 is 1.18 bits per heavy atom. The number of aryl methyl sites for hydroxylation is 2. The third-order valence-corrected chi connectivity index (χ3v) is 8.45. The average molecular weight is 487 g/mol. The summed E-state index contributed by atoms with van der Waals surface area (Å²) in [5.74, 6) is -0.400. The Bertz CT molecular complexity index is 1240. The Morgan fingerprint density at radius 2 is 1.88 bits per heavy atom. The minimum atomic E-state index is -3.85. The van der Waals surface area contributed by atoms with Crippen molar-refractivity contribution < 1.29 is 23.1 Å². The van der Waals surface area contributed by atoms with Gasteiger partial charge in [0.05, 0.1) is 11.3 Å². The molecule has 9 heteroatoms. The topological polar surface area (TPSA) is 96.8 Å². The lowest BCUT2D eigenvalue weighted by Crippen LogP contribution is -2.34. The van der Waals surface area contributed by atoms with Gasteiger partial charge < -0.3 is 9.84 Å². The number of thiazole rings is 1. The van der Waals surface area contributed by atoms with Crippen molar-refractivity contribution in [2.45, 2.75) is 44.1 Å². The summed E-state index contributed by atoms with van der Waals surface area (Å²) < 4.78 is 34.7. The quantitative estimate of drug-likeness (QED) is 0.468. The Labute approximate surface area is 197 Å². The first-order valence-corrected chi connectivity index (χ1v) is 13.1. The zero-order valence-corrected chi connectivity index (χ0v) is 20.2. The minimum Gasteiger partial charge on any atom is -0.487 e. The van der Waals surface area contributed by atoms with Crippen LogP contribution in [0, 0.1) is 5.92 Å². The third-order valence-electron chi connectivity index (χ3n) is 5.49. The van der Waals surface area contributed by atoms with Gasteiger partial charge in [-0.2, -0.15) is 8.42 Å². The van der Waals surface area contributed by atoms with E-state index in [0.717, 1.165) is 41.7 Å². The van der Waals surface area contributed by atoms with E-state index in [2.05, 4.69) is 4.98 Å². The highest BCUT2D eigenvalue weighted by Crippen LogP contribution is 2.39. The van der Waals surface area contributed by atoms with E-state index in [0.29, 0.717) is 18.0 Å². The van der Waals surface area contributed by atoms with Crippen molar-refractivity contribution in [3.8, 4) is 5.75 Å². The summed E-state index contributed by atoms with van der Waals surface area (Å²) in [4.78, 5) is 15.2. The van der Waals surface area contributed by atoms with Crippen LogP contribution in [0.15, 0.2) is 52.3 Å². The molecule has 1 N–H and O–H groups in total. The van der Waals surface area contributed by atoms with Crippen LogP contribution in [0.1, 0.15) is 47.3 Å². The maximum Gasteiger partial charge on any atom is 0.335 e. The lowest BCUT2D eigenvalue weighted by atomic mass is 10.1. The van der Waals surface area contributed by atoms with Crippen LogP contribution in [-0.4, -0.2) is 31.0 Å². The maximum absolute atomic E-state index is 13.5. The van der Waals surface area contributed by atoms with Gasteiger partial charge in [-0.25, -0.2) is 9.78 Å². The smallest absolute Gasteiger partial charge is 0.335 e. The number of nitrogens with zero attached hydrogens (tertiary/aromatic N) is 2. The summed E-state index contributed by atoms with van der Waals surface area (Å²) in [6, 6.07) is 10.4. The Hall–Kier alpha value is -2.91. The molecule has 33 heavy (non-hydrogen) atoms. The summed E-state index contributed by atoms with van der Waals surface area (Å²) >= 11 is 1.10. The van der Waals surface area contributed by atoms with E-state index in [1.807, 2.05) is 26.0 Å². The second kappa shape index (κ2) is 9.52. The van der Waals surface area contributed by atoms with Gasteiger partial charge in [0, 0.05) is 18.1 Å². The molecule has 0 unspecified atom stereocenters. The van der Waals surface area contributed by atoms with Crippen LogP contribution < -0.4 is 9.04 Å². The number of benzene rings is 2. The van der Waals surface area contributed by atoms with Gasteiger partial charge in [0.1, 0.15) is 12.4 Å². The summed E-state index contributed by atoms with van der Waals surface area (Å²) in [6.07, 6.45) is 4.36. The van der Waals surface area contributed by atoms with Crippen molar-refractivity contribution in [1.29, 1.82) is 0 Å². The third kappa shape index (κ3) is 5.04. The molecule has 1 heterocycles. The van der Waals surface area contributed by atoms with Crippen LogP contribution in [0.3, 0.4) is 0 Å². The Balaban J connectivity index is 1.72. The van der Waals surface area contributed by atoms with E-state index in [9.17, 15) is 13.2 Å². The van der Waals surface area contributed by atoms with Crippen LogP contribution in [0.4, 0.5) is 5.69 Å². The molecule has 0 spiro atoms. The van der Waals surface area contributed by atoms with Gasteiger partial charge in [-0.15, -0.1) is 11.3 Å². The standard InChI is InChI=1S/C24H26N2O5S2/c1-16(2)14-26(33(29,30)24-25-10-11-32-24)21-12-19-4-3-5-20(19)13-22(21)31-15-17-6-8-18(9-7-17)23(27)28/h6-13,16H,3-5,14-15H2,1-2H3,(H,27,28). The molecule has 4 rings (SSSR count). The van der Waals surface area contributed by atoms with Gasteiger partial charge >= 0.3 is 5.97 Å². The molecule has 174 valence electrons. The van der Waals surface area contributed by atoms with Crippen molar-refractivity contribution in [2.24, 2.45) is 5.92 Å². The number of hydrogen-bond donors (Lipinski definition) is 1. The number of fused-ring (bicyclic) bond motifs is 1. The van der Waals surface area contributed by atoms with E-state index in [1.54, 1.807) is 17.5 Å². The fourth-order valence-electron chi connectivity index (χ4n) is 3.89. The number of hydrogen-bond acceptors (Lipinski definition) is 6. The molecule has 0 saturated carbocycles. The zero-order chi connectivity index (χ0) is 23.6. The number of rotatable bonds is 9. The van der Waals surface area contributed by atoms with Gasteiger partial charge in [0.2, 0.25) is 4.34 Å². The van der Waals surface area contributed by atoms with Crippen LogP contribution in [-0.2, 0) is 29.5 Å². The van der Waals surface area contributed by atoms with E-state index in [1.165, 1.54) is 28.2 Å². The molecule has 1 aromatic heterocycles. The molecule has 0 fully saturated rings. The van der Waals surface area contributed by atoms with Crippen molar-refractivity contribution in [3.05, 3.63) is 70.2 Å². The number of carbonyl (C=O) groups is 1. The molecule has 7 nitrogen and oxygen atoms in total. The second-order valence-corrected chi connectivity index (χ2v) is 11.4. The number of sulfonamides is 1. The molecule has 2 aromatic carbocycles. The second-order valence-electron chi connectivity index (χ2n) is 8.46. The van der Waals surface area contributed by atoms with Crippen molar-refractivity contribution in [3.63, 3.8) is 0 Å². The molecule has 0 aliphatic heterocycles. The first-order valence-electron chi connectivity index (χ1n) is 10.8. The highest BCUT2D eigenvalue weighted by Gasteiger charge is 2.31. The average Bonchev–Trinajstić information content (AvgIpc) is 3.47. The van der Waals surface area contributed by atoms with Gasteiger partial charge in [-0.1, -0.05) is 26.0 Å². The molecule has 1 aliphatic carbocycles. The van der Waals surface area contributed by atoms with E-state index in [-0.39, 0.29) is 22.4 Å². The number of anilines is 1. The number of carboxylic acids is 1. The number of carboxylic acid groups (broad SMARTS) is 1. The molecular formula is C24H26N2O5S2. The molecule has 0 radical (unpaired) electrons.